The van der Waals surface area contributed by atoms with E-state index in [9.17, 15) is 8.42 Å². The molecule has 2 aromatic rings. The molecule has 22 heavy (non-hydrogen) atoms. The molecule has 0 saturated heterocycles. The number of rotatable bonds is 5. The van der Waals surface area contributed by atoms with Gasteiger partial charge in [0.1, 0.15) is 5.75 Å². The number of hydrogen-bond donors (Lipinski definition) is 1. The Kier molecular flexibility index (Phi) is 5.50. The van der Waals surface area contributed by atoms with Crippen LogP contribution in [-0.2, 0) is 16.6 Å². The normalized spacial score (nSPS) is 11.5. The van der Waals surface area contributed by atoms with Crippen LogP contribution in [0, 0.1) is 6.92 Å². The third kappa shape index (κ3) is 4.01. The van der Waals surface area contributed by atoms with Gasteiger partial charge in [0, 0.05) is 16.0 Å². The van der Waals surface area contributed by atoms with Crippen molar-refractivity contribution in [3.8, 4) is 5.75 Å². The fraction of sp³-hybridized carbons (Fsp3) is 0.200. The number of ether oxygens (including phenoxy) is 1. The molecule has 0 unspecified atom stereocenters. The molecule has 0 spiro atoms. The molecule has 118 valence electrons. The number of benzene rings is 2. The summed E-state index contributed by atoms with van der Waals surface area (Å²) in [6.07, 6.45) is 0. The topological polar surface area (TPSA) is 55.4 Å². The summed E-state index contributed by atoms with van der Waals surface area (Å²) in [5.41, 5.74) is 1.64. The van der Waals surface area contributed by atoms with Crippen LogP contribution in [0.5, 0.6) is 5.75 Å². The van der Waals surface area contributed by atoms with Crippen LogP contribution in [0.2, 0.25) is 5.02 Å². The molecule has 7 heteroatoms. The maximum Gasteiger partial charge on any atom is 0.242 e. The summed E-state index contributed by atoms with van der Waals surface area (Å²) >= 11 is 9.28. The molecule has 0 saturated carbocycles. The number of hydrogen-bond acceptors (Lipinski definition) is 3. The summed E-state index contributed by atoms with van der Waals surface area (Å²) in [7, 11) is -2.08. The van der Waals surface area contributed by atoms with Gasteiger partial charge in [-0.05, 0) is 58.2 Å². The Bertz CT molecular complexity index is 776. The fourth-order valence-electron chi connectivity index (χ4n) is 1.83. The van der Waals surface area contributed by atoms with Gasteiger partial charge >= 0.3 is 0 Å². The minimum atomic E-state index is -3.66. The number of methoxy groups -OCH3 is 1. The molecule has 0 aliphatic heterocycles. The minimum absolute atomic E-state index is 0.122. The second kappa shape index (κ2) is 7.00. The highest BCUT2D eigenvalue weighted by Crippen LogP contribution is 2.28. The standard InChI is InChI=1S/C15H15BrClNO3S/c1-10-7-13(16)15(8-14(10)17)22(19,20)18-9-11-3-5-12(21-2)6-4-11/h3-8,18H,9H2,1-2H3. The molecule has 0 aliphatic rings. The highest BCUT2D eigenvalue weighted by atomic mass is 79.9. The van der Waals surface area contributed by atoms with Gasteiger partial charge < -0.3 is 4.74 Å². The van der Waals surface area contributed by atoms with Crippen molar-refractivity contribution >= 4 is 37.6 Å². The Morgan fingerprint density at radius 3 is 2.45 bits per heavy atom. The van der Waals surface area contributed by atoms with E-state index in [1.807, 2.05) is 6.92 Å². The summed E-state index contributed by atoms with van der Waals surface area (Å²) in [5.74, 6) is 0.722. The van der Waals surface area contributed by atoms with Crippen LogP contribution in [0.25, 0.3) is 0 Å². The van der Waals surface area contributed by atoms with Gasteiger partial charge in [-0.25, -0.2) is 13.1 Å². The Morgan fingerprint density at radius 2 is 1.86 bits per heavy atom. The summed E-state index contributed by atoms with van der Waals surface area (Å²) in [5, 5.41) is 0.410. The van der Waals surface area contributed by atoms with E-state index in [1.165, 1.54) is 6.07 Å². The van der Waals surface area contributed by atoms with Gasteiger partial charge in [-0.2, -0.15) is 0 Å². The molecule has 0 aromatic heterocycles. The second-order valence-electron chi connectivity index (χ2n) is 4.70. The van der Waals surface area contributed by atoms with Gasteiger partial charge in [0.2, 0.25) is 10.0 Å². The van der Waals surface area contributed by atoms with Crippen LogP contribution >= 0.6 is 27.5 Å². The number of aryl methyl sites for hydroxylation is 1. The predicted molar refractivity (Wildman–Crippen MR) is 90.9 cm³/mol. The molecule has 0 radical (unpaired) electrons. The van der Waals surface area contributed by atoms with E-state index in [1.54, 1.807) is 37.4 Å². The quantitative estimate of drug-likeness (QED) is 0.822. The molecule has 0 bridgehead atoms. The van der Waals surface area contributed by atoms with Crippen molar-refractivity contribution in [1.29, 1.82) is 0 Å². The van der Waals surface area contributed by atoms with Crippen molar-refractivity contribution < 1.29 is 13.2 Å². The summed E-state index contributed by atoms with van der Waals surface area (Å²) < 4.78 is 32.9. The molecule has 2 aromatic carbocycles. The Hall–Kier alpha value is -1.08. The smallest absolute Gasteiger partial charge is 0.242 e. The number of halogens is 2. The molecule has 4 nitrogen and oxygen atoms in total. The third-order valence-corrected chi connectivity index (χ3v) is 5.89. The van der Waals surface area contributed by atoms with Gasteiger partial charge in [-0.15, -0.1) is 0 Å². The lowest BCUT2D eigenvalue weighted by molar-refractivity contribution is 0.414. The lowest BCUT2D eigenvalue weighted by Gasteiger charge is -2.10. The van der Waals surface area contributed by atoms with Crippen molar-refractivity contribution in [2.45, 2.75) is 18.4 Å². The average molecular weight is 405 g/mol. The summed E-state index contributed by atoms with van der Waals surface area (Å²) in [6, 6.07) is 10.3. The molecule has 0 atom stereocenters. The zero-order chi connectivity index (χ0) is 16.3. The lowest BCUT2D eigenvalue weighted by Crippen LogP contribution is -2.23. The van der Waals surface area contributed by atoms with E-state index in [0.717, 1.165) is 16.9 Å². The summed E-state index contributed by atoms with van der Waals surface area (Å²) in [4.78, 5) is 0.122. The molecular weight excluding hydrogens is 390 g/mol. The van der Waals surface area contributed by atoms with E-state index in [4.69, 9.17) is 16.3 Å². The first-order valence-corrected chi connectivity index (χ1v) is 9.07. The van der Waals surface area contributed by atoms with Gasteiger partial charge in [0.25, 0.3) is 0 Å². The molecular formula is C15H15BrClNO3S. The van der Waals surface area contributed by atoms with Gasteiger partial charge in [-0.1, -0.05) is 23.7 Å². The largest absolute Gasteiger partial charge is 0.497 e. The molecule has 1 N–H and O–H groups in total. The lowest BCUT2D eigenvalue weighted by atomic mass is 10.2. The Labute approximate surface area is 143 Å². The monoisotopic (exact) mass is 403 g/mol. The Balaban J connectivity index is 2.19. The van der Waals surface area contributed by atoms with Crippen molar-refractivity contribution in [2.75, 3.05) is 7.11 Å². The van der Waals surface area contributed by atoms with E-state index in [0.29, 0.717) is 9.50 Å². The first kappa shape index (κ1) is 17.3. The van der Waals surface area contributed by atoms with Crippen LogP contribution in [-0.4, -0.2) is 15.5 Å². The molecule has 0 aliphatic carbocycles. The molecule has 2 rings (SSSR count). The fourth-order valence-corrected chi connectivity index (χ4v) is 4.26. The van der Waals surface area contributed by atoms with Crippen LogP contribution in [0.3, 0.4) is 0 Å². The van der Waals surface area contributed by atoms with E-state index < -0.39 is 10.0 Å². The van der Waals surface area contributed by atoms with E-state index in [-0.39, 0.29) is 11.4 Å². The van der Waals surface area contributed by atoms with Gasteiger partial charge in [0.15, 0.2) is 0 Å². The molecule has 0 heterocycles. The minimum Gasteiger partial charge on any atom is -0.497 e. The van der Waals surface area contributed by atoms with E-state index >= 15 is 0 Å². The van der Waals surface area contributed by atoms with Crippen molar-refractivity contribution in [2.24, 2.45) is 0 Å². The molecule has 0 amide bonds. The highest BCUT2D eigenvalue weighted by molar-refractivity contribution is 9.10. The van der Waals surface area contributed by atoms with Crippen LogP contribution in [0.4, 0.5) is 0 Å². The van der Waals surface area contributed by atoms with Gasteiger partial charge in [-0.3, -0.25) is 0 Å². The van der Waals surface area contributed by atoms with Crippen molar-refractivity contribution in [3.63, 3.8) is 0 Å². The Morgan fingerprint density at radius 1 is 1.23 bits per heavy atom. The summed E-state index contributed by atoms with van der Waals surface area (Å²) in [6.45, 7) is 2.00. The van der Waals surface area contributed by atoms with Crippen LogP contribution in [0.1, 0.15) is 11.1 Å². The maximum atomic E-state index is 12.4. The average Bonchev–Trinajstić information content (AvgIpc) is 2.49. The molecule has 0 fully saturated rings. The number of nitrogens with one attached hydrogen (secondary N) is 1. The highest BCUT2D eigenvalue weighted by Gasteiger charge is 2.18. The van der Waals surface area contributed by atoms with Crippen molar-refractivity contribution in [1.82, 2.24) is 4.72 Å². The predicted octanol–water partition coefficient (Wildman–Crippen LogP) is 3.90. The first-order chi connectivity index (χ1) is 10.3. The number of sulfonamides is 1. The van der Waals surface area contributed by atoms with Crippen LogP contribution < -0.4 is 9.46 Å². The zero-order valence-electron chi connectivity index (χ0n) is 12.1. The van der Waals surface area contributed by atoms with Crippen molar-refractivity contribution in [3.05, 3.63) is 57.0 Å². The van der Waals surface area contributed by atoms with Crippen LogP contribution in [0.15, 0.2) is 45.8 Å². The van der Waals surface area contributed by atoms with E-state index in [2.05, 4.69) is 20.7 Å². The zero-order valence-corrected chi connectivity index (χ0v) is 15.2. The second-order valence-corrected chi connectivity index (χ2v) is 7.70. The van der Waals surface area contributed by atoms with Gasteiger partial charge in [0.05, 0.1) is 12.0 Å². The SMILES string of the molecule is COc1ccc(CNS(=O)(=O)c2cc(Cl)c(C)cc2Br)cc1. The first-order valence-electron chi connectivity index (χ1n) is 6.42. The third-order valence-electron chi connectivity index (χ3n) is 3.13. The maximum absolute atomic E-state index is 12.4.